The summed E-state index contributed by atoms with van der Waals surface area (Å²) in [5.74, 6) is 1.31. The standard InChI is InChI=1S/C28H24Cl2N6O/c1-17-8-9-24-23(12-17)32-25-10-11-28(15-35(24)25,19-6-4-3-5-7-19)33-27(37)26-21(29)13-20(14-22(26)30)36-16-31-18(2)34-36/h3-9,12-14,16H,10-11,15H2,1-2H3,(H,33,37)/t28-/m1/s1. The fourth-order valence-corrected chi connectivity index (χ4v) is 5.80. The van der Waals surface area contributed by atoms with Crippen molar-refractivity contribution in [1.29, 1.82) is 0 Å². The molecular formula is C28H24Cl2N6O. The van der Waals surface area contributed by atoms with E-state index in [1.165, 1.54) is 5.56 Å². The third-order valence-electron chi connectivity index (χ3n) is 6.99. The normalized spacial score (nSPS) is 17.1. The van der Waals surface area contributed by atoms with Gasteiger partial charge in [-0.3, -0.25) is 4.79 Å². The molecule has 6 rings (SSSR count). The number of fused-ring (bicyclic) bond motifs is 3. The van der Waals surface area contributed by atoms with E-state index < -0.39 is 5.54 Å². The number of carbonyl (C=O) groups is 1. The first-order valence-electron chi connectivity index (χ1n) is 12.0. The molecule has 2 aromatic heterocycles. The maximum absolute atomic E-state index is 13.8. The number of nitrogens with zero attached hydrogens (tertiary/aromatic N) is 5. The molecule has 9 heteroatoms. The molecule has 7 nitrogen and oxygen atoms in total. The second kappa shape index (κ2) is 9.01. The molecule has 1 aliphatic rings. The number of amides is 1. The SMILES string of the molecule is Cc1ccc2c(c1)nc1n2C[C@@](NC(=O)c2c(Cl)cc(-n3cnc(C)n3)cc2Cl)(c2ccccc2)CC1. The lowest BCUT2D eigenvalue weighted by molar-refractivity contribution is 0.0867. The summed E-state index contributed by atoms with van der Waals surface area (Å²) >= 11 is 13.3. The van der Waals surface area contributed by atoms with Crippen molar-refractivity contribution in [1.82, 2.24) is 29.6 Å². The van der Waals surface area contributed by atoms with Gasteiger partial charge >= 0.3 is 0 Å². The van der Waals surface area contributed by atoms with Crippen LogP contribution in [0.2, 0.25) is 10.0 Å². The Kier molecular flexibility index (Phi) is 5.77. The summed E-state index contributed by atoms with van der Waals surface area (Å²) < 4.78 is 3.79. The number of benzene rings is 3. The highest BCUT2D eigenvalue weighted by Gasteiger charge is 2.39. The molecule has 0 saturated heterocycles. The lowest BCUT2D eigenvalue weighted by Gasteiger charge is -2.39. The van der Waals surface area contributed by atoms with Crippen LogP contribution < -0.4 is 5.32 Å². The van der Waals surface area contributed by atoms with E-state index in [4.69, 9.17) is 28.2 Å². The van der Waals surface area contributed by atoms with E-state index in [-0.39, 0.29) is 21.5 Å². The predicted molar refractivity (Wildman–Crippen MR) is 144 cm³/mol. The Labute approximate surface area is 224 Å². The van der Waals surface area contributed by atoms with Gasteiger partial charge < -0.3 is 9.88 Å². The Balaban J connectivity index is 1.40. The van der Waals surface area contributed by atoms with Crippen LogP contribution in [0.1, 0.15) is 39.6 Å². The van der Waals surface area contributed by atoms with Crippen LogP contribution in [-0.4, -0.2) is 30.2 Å². The Bertz CT molecular complexity index is 1640. The zero-order valence-electron chi connectivity index (χ0n) is 20.4. The maximum Gasteiger partial charge on any atom is 0.255 e. The van der Waals surface area contributed by atoms with Gasteiger partial charge in [0.2, 0.25) is 0 Å². The van der Waals surface area contributed by atoms with E-state index in [0.717, 1.165) is 28.8 Å². The molecule has 37 heavy (non-hydrogen) atoms. The van der Waals surface area contributed by atoms with Crippen molar-refractivity contribution in [3.05, 3.63) is 105 Å². The zero-order valence-corrected chi connectivity index (χ0v) is 21.9. The van der Waals surface area contributed by atoms with Crippen molar-refractivity contribution in [2.45, 2.75) is 38.8 Å². The number of imidazole rings is 1. The van der Waals surface area contributed by atoms with E-state index >= 15 is 0 Å². The summed E-state index contributed by atoms with van der Waals surface area (Å²) in [7, 11) is 0. The summed E-state index contributed by atoms with van der Waals surface area (Å²) in [6.07, 6.45) is 2.99. The second-order valence-electron chi connectivity index (χ2n) is 9.53. The minimum Gasteiger partial charge on any atom is -0.341 e. The van der Waals surface area contributed by atoms with Gasteiger partial charge in [-0.15, -0.1) is 0 Å². The van der Waals surface area contributed by atoms with Crippen LogP contribution >= 0.6 is 23.2 Å². The summed E-state index contributed by atoms with van der Waals surface area (Å²) in [5.41, 5.74) is 4.40. The molecule has 1 N–H and O–H groups in total. The fraction of sp³-hybridized carbons (Fsp3) is 0.214. The van der Waals surface area contributed by atoms with Crippen LogP contribution in [0.25, 0.3) is 16.7 Å². The van der Waals surface area contributed by atoms with E-state index in [9.17, 15) is 4.79 Å². The van der Waals surface area contributed by atoms with Crippen LogP contribution in [-0.2, 0) is 18.5 Å². The lowest BCUT2D eigenvalue weighted by atomic mass is 9.82. The quantitative estimate of drug-likeness (QED) is 0.318. The summed E-state index contributed by atoms with van der Waals surface area (Å²) in [6, 6.07) is 19.7. The first kappa shape index (κ1) is 23.7. The molecule has 0 bridgehead atoms. The number of carbonyl (C=O) groups excluding carboxylic acids is 1. The molecule has 0 unspecified atom stereocenters. The third kappa shape index (κ3) is 4.18. The highest BCUT2D eigenvalue weighted by molar-refractivity contribution is 6.40. The van der Waals surface area contributed by atoms with Gasteiger partial charge in [-0.05, 0) is 55.7 Å². The Morgan fingerprint density at radius 3 is 2.49 bits per heavy atom. The molecule has 1 amide bonds. The monoisotopic (exact) mass is 530 g/mol. The highest BCUT2D eigenvalue weighted by Crippen LogP contribution is 2.37. The average molecular weight is 531 g/mol. The van der Waals surface area contributed by atoms with Gasteiger partial charge in [0.25, 0.3) is 5.91 Å². The lowest BCUT2D eigenvalue weighted by Crippen LogP contribution is -2.51. The first-order chi connectivity index (χ1) is 17.8. The maximum atomic E-state index is 13.8. The molecule has 0 fully saturated rings. The molecule has 5 aromatic rings. The molecule has 0 spiro atoms. The van der Waals surface area contributed by atoms with Crippen molar-refractivity contribution >= 4 is 40.1 Å². The molecule has 1 atom stereocenters. The summed E-state index contributed by atoms with van der Waals surface area (Å²) in [6.45, 7) is 4.41. The van der Waals surface area contributed by atoms with Crippen LogP contribution in [0.15, 0.2) is 67.0 Å². The van der Waals surface area contributed by atoms with E-state index in [1.54, 1.807) is 30.1 Å². The van der Waals surface area contributed by atoms with Gasteiger partial charge in [0, 0.05) is 6.42 Å². The highest BCUT2D eigenvalue weighted by atomic mass is 35.5. The molecule has 3 heterocycles. The number of aryl methyl sites for hydroxylation is 3. The number of rotatable bonds is 4. The number of hydrogen-bond acceptors (Lipinski definition) is 4. The molecule has 1 aliphatic heterocycles. The van der Waals surface area contributed by atoms with Crippen molar-refractivity contribution in [2.24, 2.45) is 0 Å². The smallest absolute Gasteiger partial charge is 0.255 e. The topological polar surface area (TPSA) is 77.6 Å². The van der Waals surface area contributed by atoms with Crippen LogP contribution in [0.4, 0.5) is 0 Å². The number of nitrogens with one attached hydrogen (secondary N) is 1. The molecule has 0 aliphatic carbocycles. The Morgan fingerprint density at radius 2 is 1.78 bits per heavy atom. The van der Waals surface area contributed by atoms with Crippen molar-refractivity contribution in [2.75, 3.05) is 0 Å². The minimum absolute atomic E-state index is 0.233. The van der Waals surface area contributed by atoms with Gasteiger partial charge in [-0.2, -0.15) is 5.10 Å². The van der Waals surface area contributed by atoms with Gasteiger partial charge in [0.1, 0.15) is 18.0 Å². The summed E-state index contributed by atoms with van der Waals surface area (Å²) in [4.78, 5) is 22.8. The van der Waals surface area contributed by atoms with Crippen molar-refractivity contribution in [3.8, 4) is 5.69 Å². The van der Waals surface area contributed by atoms with Crippen molar-refractivity contribution < 1.29 is 4.79 Å². The van der Waals surface area contributed by atoms with E-state index in [1.807, 2.05) is 30.3 Å². The van der Waals surface area contributed by atoms with E-state index in [2.05, 4.69) is 45.1 Å². The number of hydrogen-bond donors (Lipinski definition) is 1. The van der Waals surface area contributed by atoms with Gasteiger partial charge in [0.15, 0.2) is 0 Å². The van der Waals surface area contributed by atoms with Crippen LogP contribution in [0.5, 0.6) is 0 Å². The Morgan fingerprint density at radius 1 is 1.03 bits per heavy atom. The van der Waals surface area contributed by atoms with Crippen molar-refractivity contribution in [3.63, 3.8) is 0 Å². The average Bonchev–Trinajstić information content (AvgIpc) is 3.46. The van der Waals surface area contributed by atoms with E-state index in [0.29, 0.717) is 24.5 Å². The second-order valence-corrected chi connectivity index (χ2v) is 10.3. The number of aromatic nitrogens is 5. The van der Waals surface area contributed by atoms with Gasteiger partial charge in [-0.1, -0.05) is 59.6 Å². The largest absolute Gasteiger partial charge is 0.341 e. The minimum atomic E-state index is -0.668. The molecule has 0 radical (unpaired) electrons. The first-order valence-corrected chi connectivity index (χ1v) is 12.8. The molecule has 0 saturated carbocycles. The third-order valence-corrected chi connectivity index (χ3v) is 7.59. The Hall–Kier alpha value is -3.68. The summed E-state index contributed by atoms with van der Waals surface area (Å²) in [5, 5.41) is 8.13. The predicted octanol–water partition coefficient (Wildman–Crippen LogP) is 5.81. The van der Waals surface area contributed by atoms with Gasteiger partial charge in [-0.25, -0.2) is 14.6 Å². The molecule has 3 aromatic carbocycles. The fourth-order valence-electron chi connectivity index (χ4n) is 5.16. The van der Waals surface area contributed by atoms with Crippen LogP contribution in [0, 0.1) is 13.8 Å². The molecular weight excluding hydrogens is 507 g/mol. The zero-order chi connectivity index (χ0) is 25.7. The van der Waals surface area contributed by atoms with Crippen LogP contribution in [0.3, 0.4) is 0 Å². The number of halogens is 2. The molecule has 186 valence electrons. The van der Waals surface area contributed by atoms with Gasteiger partial charge in [0.05, 0.1) is 44.4 Å².